The summed E-state index contributed by atoms with van der Waals surface area (Å²) < 4.78 is 43.6. The van der Waals surface area contributed by atoms with Crippen molar-refractivity contribution in [2.24, 2.45) is 0 Å². The van der Waals surface area contributed by atoms with Crippen LogP contribution in [-0.2, 0) is 10.9 Å². The molecule has 0 saturated carbocycles. The number of rotatable bonds is 4. The van der Waals surface area contributed by atoms with Gasteiger partial charge < -0.3 is 9.84 Å². The minimum atomic E-state index is -4.53. The van der Waals surface area contributed by atoms with E-state index in [2.05, 4.69) is 4.98 Å². The fourth-order valence-corrected chi connectivity index (χ4v) is 1.66. The van der Waals surface area contributed by atoms with E-state index in [1.807, 2.05) is 0 Å². The number of alkyl halides is 3. The number of aliphatic hydroxyl groups is 1. The fraction of sp³-hybridized carbons (Fsp3) is 0.583. The zero-order valence-corrected chi connectivity index (χ0v) is 10.5. The van der Waals surface area contributed by atoms with Crippen LogP contribution in [0.2, 0.25) is 0 Å². The van der Waals surface area contributed by atoms with E-state index in [-0.39, 0.29) is 5.56 Å². The number of methoxy groups -OCH3 is 1. The maximum Gasteiger partial charge on any atom is 0.416 e. The first-order chi connectivity index (χ1) is 8.26. The molecule has 102 valence electrons. The van der Waals surface area contributed by atoms with Crippen molar-refractivity contribution in [1.82, 2.24) is 4.98 Å². The highest BCUT2D eigenvalue weighted by molar-refractivity contribution is 5.30. The van der Waals surface area contributed by atoms with Crippen LogP contribution in [0.4, 0.5) is 13.2 Å². The van der Waals surface area contributed by atoms with Gasteiger partial charge in [0.1, 0.15) is 6.10 Å². The molecule has 0 bridgehead atoms. The van der Waals surface area contributed by atoms with Crippen molar-refractivity contribution < 1.29 is 23.0 Å². The molecule has 1 heterocycles. The van der Waals surface area contributed by atoms with Crippen molar-refractivity contribution in [3.05, 3.63) is 29.6 Å². The molecule has 1 rings (SSSR count). The summed E-state index contributed by atoms with van der Waals surface area (Å²) in [4.78, 5) is 3.65. The van der Waals surface area contributed by atoms with Gasteiger partial charge in [-0.1, -0.05) is 6.92 Å². The first-order valence-corrected chi connectivity index (χ1v) is 5.50. The summed E-state index contributed by atoms with van der Waals surface area (Å²) in [5.74, 6) is 0. The zero-order valence-electron chi connectivity index (χ0n) is 10.5. The topological polar surface area (TPSA) is 42.4 Å². The number of aliphatic hydroxyl groups excluding tert-OH is 1. The van der Waals surface area contributed by atoms with Crippen LogP contribution in [0.3, 0.4) is 0 Å². The van der Waals surface area contributed by atoms with Crippen molar-refractivity contribution in [3.8, 4) is 0 Å². The molecule has 0 aliphatic heterocycles. The molecule has 0 radical (unpaired) electrons. The molecule has 0 aliphatic carbocycles. The van der Waals surface area contributed by atoms with Crippen LogP contribution >= 0.6 is 0 Å². The third kappa shape index (κ3) is 2.81. The molecule has 0 spiro atoms. The predicted molar refractivity (Wildman–Crippen MR) is 59.9 cm³/mol. The highest BCUT2D eigenvalue weighted by Crippen LogP contribution is 2.39. The average Bonchev–Trinajstić information content (AvgIpc) is 2.36. The number of pyridine rings is 1. The van der Waals surface area contributed by atoms with E-state index in [9.17, 15) is 18.3 Å². The summed E-state index contributed by atoms with van der Waals surface area (Å²) in [6.07, 6.45) is -3.47. The van der Waals surface area contributed by atoms with Gasteiger partial charge >= 0.3 is 6.18 Å². The van der Waals surface area contributed by atoms with Gasteiger partial charge in [-0.15, -0.1) is 0 Å². The second-order valence-electron chi connectivity index (χ2n) is 4.23. The predicted octanol–water partition coefficient (Wildman–Crippen LogP) is 2.95. The SMILES string of the molecule is CCC(C)(OC)C(O)c1cnccc1C(F)(F)F. The van der Waals surface area contributed by atoms with Crippen LogP contribution in [-0.4, -0.2) is 22.8 Å². The van der Waals surface area contributed by atoms with Gasteiger partial charge in [0.15, 0.2) is 0 Å². The smallest absolute Gasteiger partial charge is 0.385 e. The summed E-state index contributed by atoms with van der Waals surface area (Å²) in [6.45, 7) is 3.29. The van der Waals surface area contributed by atoms with E-state index in [1.54, 1.807) is 13.8 Å². The summed E-state index contributed by atoms with van der Waals surface area (Å²) >= 11 is 0. The van der Waals surface area contributed by atoms with Crippen LogP contribution in [0, 0.1) is 0 Å². The molecule has 0 saturated heterocycles. The molecule has 2 atom stereocenters. The molecule has 0 aliphatic rings. The number of hydrogen-bond donors (Lipinski definition) is 1. The molecule has 18 heavy (non-hydrogen) atoms. The van der Waals surface area contributed by atoms with Crippen LogP contribution < -0.4 is 0 Å². The molecule has 1 aromatic rings. The maximum absolute atomic E-state index is 12.8. The van der Waals surface area contributed by atoms with E-state index in [4.69, 9.17) is 4.74 Å². The van der Waals surface area contributed by atoms with Crippen LogP contribution in [0.5, 0.6) is 0 Å². The standard InChI is InChI=1S/C12H16F3NO2/c1-4-11(2,18-3)10(17)8-7-16-6-5-9(8)12(13,14)15/h5-7,10,17H,4H2,1-3H3. The molecule has 2 unspecified atom stereocenters. The van der Waals surface area contributed by atoms with Gasteiger partial charge in [-0.25, -0.2) is 0 Å². The highest BCUT2D eigenvalue weighted by atomic mass is 19.4. The molecular formula is C12H16F3NO2. The van der Waals surface area contributed by atoms with Crippen molar-refractivity contribution >= 4 is 0 Å². The molecule has 0 aromatic carbocycles. The Kier molecular flexibility index (Phi) is 4.34. The summed E-state index contributed by atoms with van der Waals surface area (Å²) in [5.41, 5.74) is -2.24. The number of hydrogen-bond acceptors (Lipinski definition) is 3. The van der Waals surface area contributed by atoms with Gasteiger partial charge in [-0.2, -0.15) is 13.2 Å². The normalized spacial score (nSPS) is 17.3. The Balaban J connectivity index is 3.25. The lowest BCUT2D eigenvalue weighted by atomic mass is 9.88. The Morgan fingerprint density at radius 3 is 2.50 bits per heavy atom. The molecule has 3 nitrogen and oxygen atoms in total. The van der Waals surface area contributed by atoms with Crippen molar-refractivity contribution in [3.63, 3.8) is 0 Å². The van der Waals surface area contributed by atoms with E-state index in [1.165, 1.54) is 7.11 Å². The second kappa shape index (κ2) is 5.24. The molecule has 1 aromatic heterocycles. The van der Waals surface area contributed by atoms with Crippen LogP contribution in [0.1, 0.15) is 37.5 Å². The quantitative estimate of drug-likeness (QED) is 0.908. The minimum Gasteiger partial charge on any atom is -0.385 e. The van der Waals surface area contributed by atoms with Gasteiger partial charge in [-0.3, -0.25) is 4.98 Å². The second-order valence-corrected chi connectivity index (χ2v) is 4.23. The Labute approximate surface area is 104 Å². The van der Waals surface area contributed by atoms with Crippen molar-refractivity contribution in [1.29, 1.82) is 0 Å². The highest BCUT2D eigenvalue weighted by Gasteiger charge is 2.40. The van der Waals surface area contributed by atoms with E-state index < -0.39 is 23.4 Å². The minimum absolute atomic E-state index is 0.267. The third-order valence-electron chi connectivity index (χ3n) is 3.20. The van der Waals surface area contributed by atoms with E-state index >= 15 is 0 Å². The molecular weight excluding hydrogens is 247 g/mol. The molecule has 0 fully saturated rings. The number of aromatic nitrogens is 1. The van der Waals surface area contributed by atoms with Gasteiger partial charge in [0, 0.05) is 25.1 Å². The van der Waals surface area contributed by atoms with Gasteiger partial charge in [0.2, 0.25) is 0 Å². The first-order valence-electron chi connectivity index (χ1n) is 5.50. The lowest BCUT2D eigenvalue weighted by molar-refractivity contribution is -0.143. The monoisotopic (exact) mass is 263 g/mol. The Morgan fingerprint density at radius 2 is 2.06 bits per heavy atom. The maximum atomic E-state index is 12.8. The Bertz CT molecular complexity index is 403. The van der Waals surface area contributed by atoms with Crippen molar-refractivity contribution in [2.45, 2.75) is 38.1 Å². The fourth-order valence-electron chi connectivity index (χ4n) is 1.66. The summed E-state index contributed by atoms with van der Waals surface area (Å²) in [7, 11) is 1.36. The molecule has 1 N–H and O–H groups in total. The van der Waals surface area contributed by atoms with Crippen LogP contribution in [0.15, 0.2) is 18.5 Å². The van der Waals surface area contributed by atoms with Gasteiger partial charge in [0.05, 0.1) is 11.2 Å². The van der Waals surface area contributed by atoms with E-state index in [0.29, 0.717) is 6.42 Å². The summed E-state index contributed by atoms with van der Waals surface area (Å²) in [6, 6.07) is 0.851. The largest absolute Gasteiger partial charge is 0.416 e. The first kappa shape index (κ1) is 14.9. The van der Waals surface area contributed by atoms with Crippen LogP contribution in [0.25, 0.3) is 0 Å². The number of nitrogens with zero attached hydrogens (tertiary/aromatic N) is 1. The lowest BCUT2D eigenvalue weighted by Crippen LogP contribution is -2.35. The van der Waals surface area contributed by atoms with Gasteiger partial charge in [0.25, 0.3) is 0 Å². The Hall–Kier alpha value is -1.14. The van der Waals surface area contributed by atoms with E-state index in [0.717, 1.165) is 18.5 Å². The number of halogens is 3. The molecule has 0 amide bonds. The van der Waals surface area contributed by atoms with Crippen molar-refractivity contribution in [2.75, 3.05) is 7.11 Å². The average molecular weight is 263 g/mol. The molecule has 6 heteroatoms. The lowest BCUT2D eigenvalue weighted by Gasteiger charge is -2.33. The third-order valence-corrected chi connectivity index (χ3v) is 3.20. The number of ether oxygens (including phenoxy) is 1. The summed E-state index contributed by atoms with van der Waals surface area (Å²) in [5, 5.41) is 10.1. The Morgan fingerprint density at radius 1 is 1.44 bits per heavy atom. The van der Waals surface area contributed by atoms with Gasteiger partial charge in [-0.05, 0) is 19.4 Å². The zero-order chi connectivity index (χ0) is 14.0.